The van der Waals surface area contributed by atoms with Gasteiger partial charge in [-0.3, -0.25) is 0 Å². The molecule has 4 heterocycles. The van der Waals surface area contributed by atoms with Crippen LogP contribution in [-0.4, -0.2) is 131 Å². The first-order valence-corrected chi connectivity index (χ1v) is 15.2. The van der Waals surface area contributed by atoms with Gasteiger partial charge in [0.2, 0.25) is 0 Å². The average molecular weight is 703 g/mol. The molecule has 1 aromatic carbocycles. The molecule has 21 heteroatoms. The van der Waals surface area contributed by atoms with Crippen LogP contribution in [0.2, 0.25) is 0 Å². The molecule has 0 bridgehead atoms. The predicted molar refractivity (Wildman–Crippen MR) is 154 cm³/mol. The van der Waals surface area contributed by atoms with E-state index >= 15 is 0 Å². The molecule has 5 unspecified atom stereocenters. The summed E-state index contributed by atoms with van der Waals surface area (Å²) in [5.74, 6) is -5.24. The minimum Gasteiger partial charge on any atom is -0.394 e. The van der Waals surface area contributed by atoms with Crippen LogP contribution in [0.5, 0.6) is 0 Å². The Labute approximate surface area is 272 Å². The summed E-state index contributed by atoms with van der Waals surface area (Å²) in [7, 11) is 0. The predicted octanol–water partition coefficient (Wildman–Crippen LogP) is -0.591. The highest BCUT2D eigenvalue weighted by atomic mass is 32.2. The Kier molecular flexibility index (Phi) is 11.3. The second-order valence-electron chi connectivity index (χ2n) is 10.8. The molecule has 260 valence electrons. The van der Waals surface area contributed by atoms with Gasteiger partial charge in [-0.15, -0.1) is 10.2 Å². The third-order valence-corrected chi connectivity index (χ3v) is 8.67. The van der Waals surface area contributed by atoms with E-state index in [2.05, 4.69) is 30.6 Å². The fraction of sp³-hybridized carbons (Fsp3) is 0.481. The first-order valence-electron chi connectivity index (χ1n) is 14.2. The lowest BCUT2D eigenvalue weighted by Gasteiger charge is -2.43. The lowest BCUT2D eigenvalue weighted by atomic mass is 9.97. The summed E-state index contributed by atoms with van der Waals surface area (Å²) in [6, 6.07) is 0.135. The normalized spacial score (nSPS) is 23.9. The van der Waals surface area contributed by atoms with E-state index in [1.165, 1.54) is 19.3 Å². The lowest BCUT2D eigenvalue weighted by molar-refractivity contribution is -0.180. The maximum absolute atomic E-state index is 13.8. The highest BCUT2D eigenvalue weighted by molar-refractivity contribution is 8.00. The van der Waals surface area contributed by atoms with Crippen LogP contribution in [-0.2, 0) is 16.0 Å². The van der Waals surface area contributed by atoms with Gasteiger partial charge in [-0.25, -0.2) is 36.9 Å². The van der Waals surface area contributed by atoms with Crippen LogP contribution in [0.4, 0.5) is 17.6 Å². The minimum atomic E-state index is -1.66. The Hall–Kier alpha value is -3.67. The van der Waals surface area contributed by atoms with E-state index in [1.54, 1.807) is 0 Å². The maximum Gasteiger partial charge on any atom is 0.194 e. The molecule has 1 aliphatic rings. The first-order chi connectivity index (χ1) is 22.9. The summed E-state index contributed by atoms with van der Waals surface area (Å²) in [5, 5.41) is 79.0. The van der Waals surface area contributed by atoms with Gasteiger partial charge in [0.1, 0.15) is 58.8 Å². The van der Waals surface area contributed by atoms with Gasteiger partial charge in [0.05, 0.1) is 50.6 Å². The fourth-order valence-electron chi connectivity index (χ4n) is 4.79. The molecule has 0 amide bonds. The molecule has 0 saturated carbocycles. The van der Waals surface area contributed by atoms with Gasteiger partial charge >= 0.3 is 0 Å². The number of hydrogen-bond acceptors (Lipinski definition) is 15. The zero-order valence-corrected chi connectivity index (χ0v) is 25.6. The number of halogens is 4. The van der Waals surface area contributed by atoms with Crippen molar-refractivity contribution >= 4 is 11.8 Å². The van der Waals surface area contributed by atoms with Crippen LogP contribution in [0.3, 0.4) is 0 Å². The summed E-state index contributed by atoms with van der Waals surface area (Å²) >= 11 is 0.676. The SMILES string of the molecule is C[C@@H](O)C(CO)OC(S[C@@H]1O[C@H](CO)C(O)C(n2cc(-c3ncc(F)cn3)nn2)C1O)[C@@H](O)Cn1cc(-c2cc(F)c(F)c(F)c2)nn1. The molecule has 1 fully saturated rings. The van der Waals surface area contributed by atoms with Crippen LogP contribution in [0, 0.1) is 23.3 Å². The smallest absolute Gasteiger partial charge is 0.194 e. The molecule has 0 radical (unpaired) electrons. The van der Waals surface area contributed by atoms with E-state index in [4.69, 9.17) is 9.47 Å². The van der Waals surface area contributed by atoms with Crippen molar-refractivity contribution in [2.24, 2.45) is 0 Å². The molecule has 1 aliphatic heterocycles. The van der Waals surface area contributed by atoms with Crippen molar-refractivity contribution in [2.45, 2.75) is 67.0 Å². The number of thioether (sulfide) groups is 1. The van der Waals surface area contributed by atoms with Gasteiger partial charge in [-0.05, 0) is 19.1 Å². The Morgan fingerprint density at radius 1 is 0.958 bits per heavy atom. The number of aliphatic hydroxyl groups excluding tert-OH is 6. The molecule has 16 nitrogen and oxygen atoms in total. The number of hydrogen-bond donors (Lipinski definition) is 6. The van der Waals surface area contributed by atoms with Gasteiger partial charge in [-0.2, -0.15) is 0 Å². The van der Waals surface area contributed by atoms with E-state index < -0.39 is 96.6 Å². The number of aromatic nitrogens is 8. The van der Waals surface area contributed by atoms with Gasteiger partial charge < -0.3 is 40.1 Å². The molecule has 6 N–H and O–H groups in total. The third kappa shape index (κ3) is 7.79. The molecule has 3 aromatic heterocycles. The molecule has 4 aromatic rings. The van der Waals surface area contributed by atoms with Crippen LogP contribution >= 0.6 is 11.8 Å². The molecular formula is C27H30F4N8O8S. The van der Waals surface area contributed by atoms with Crippen molar-refractivity contribution in [3.63, 3.8) is 0 Å². The van der Waals surface area contributed by atoms with Crippen LogP contribution in [0.15, 0.2) is 36.9 Å². The van der Waals surface area contributed by atoms with E-state index in [9.17, 15) is 48.2 Å². The van der Waals surface area contributed by atoms with Gasteiger partial charge in [0.25, 0.3) is 0 Å². The number of nitrogens with zero attached hydrogens (tertiary/aromatic N) is 8. The lowest BCUT2D eigenvalue weighted by Crippen LogP contribution is -2.56. The third-order valence-electron chi connectivity index (χ3n) is 7.32. The summed E-state index contributed by atoms with van der Waals surface area (Å²) in [6.07, 6.45) is -4.15. The summed E-state index contributed by atoms with van der Waals surface area (Å²) in [4.78, 5) is 7.65. The molecule has 0 aliphatic carbocycles. The molecule has 0 spiro atoms. The molecule has 5 rings (SSSR count). The van der Waals surface area contributed by atoms with E-state index in [0.717, 1.165) is 21.8 Å². The molecule has 1 saturated heterocycles. The summed E-state index contributed by atoms with van der Waals surface area (Å²) in [6.45, 7) is -0.458. The second-order valence-corrected chi connectivity index (χ2v) is 12.0. The highest BCUT2D eigenvalue weighted by Gasteiger charge is 2.48. The van der Waals surface area contributed by atoms with Crippen LogP contribution in [0.25, 0.3) is 22.8 Å². The van der Waals surface area contributed by atoms with Gasteiger partial charge in [0, 0.05) is 5.56 Å². The van der Waals surface area contributed by atoms with Crippen molar-refractivity contribution in [3.05, 3.63) is 60.2 Å². The summed E-state index contributed by atoms with van der Waals surface area (Å²) < 4.78 is 68.0. The number of ether oxygens (including phenoxy) is 2. The van der Waals surface area contributed by atoms with Crippen molar-refractivity contribution in [1.29, 1.82) is 0 Å². The molecule has 9 atom stereocenters. The zero-order chi connectivity index (χ0) is 34.7. The van der Waals surface area contributed by atoms with Crippen molar-refractivity contribution in [1.82, 2.24) is 40.0 Å². The van der Waals surface area contributed by atoms with Gasteiger partial charge in [-0.1, -0.05) is 22.2 Å². The Morgan fingerprint density at radius 3 is 2.25 bits per heavy atom. The first kappa shape index (κ1) is 35.6. The standard InChI is InChI=1S/C27H30F4N8O8S/c1-11(42)19(9-40)46-26(18(43)8-38-6-16(34-36-38)12-2-14(29)21(31)15(30)3-12)48-27-24(45)22(23(44)20(10-41)47-27)39-7-17(35-37-39)25-32-4-13(28)5-33-25/h2-7,11,18-20,22-24,26-27,40-45H,8-10H2,1H3/t11-,18+,19?,20-,22?,23?,24?,26?,27+/m1/s1. The monoisotopic (exact) mass is 702 g/mol. The molecule has 48 heavy (non-hydrogen) atoms. The Morgan fingerprint density at radius 2 is 1.62 bits per heavy atom. The maximum atomic E-state index is 13.8. The fourth-order valence-corrected chi connectivity index (χ4v) is 6.06. The second kappa shape index (κ2) is 15.3. The number of aliphatic hydroxyl groups is 6. The van der Waals surface area contributed by atoms with Crippen LogP contribution in [0.1, 0.15) is 13.0 Å². The van der Waals surface area contributed by atoms with Crippen molar-refractivity contribution in [2.75, 3.05) is 13.2 Å². The largest absolute Gasteiger partial charge is 0.394 e. The van der Waals surface area contributed by atoms with E-state index in [0.29, 0.717) is 23.9 Å². The summed E-state index contributed by atoms with van der Waals surface area (Å²) in [5.41, 5.74) is -2.88. The Balaban J connectivity index is 1.38. The topological polar surface area (TPSA) is 227 Å². The number of rotatable bonds is 13. The van der Waals surface area contributed by atoms with Crippen molar-refractivity contribution < 1.29 is 57.7 Å². The number of benzene rings is 1. The van der Waals surface area contributed by atoms with E-state index in [-0.39, 0.29) is 22.8 Å². The Bertz CT molecular complexity index is 1650. The highest BCUT2D eigenvalue weighted by Crippen LogP contribution is 2.38. The molecular weight excluding hydrogens is 672 g/mol. The van der Waals surface area contributed by atoms with Crippen LogP contribution < -0.4 is 0 Å². The average Bonchev–Trinajstić information content (AvgIpc) is 3.73. The van der Waals surface area contributed by atoms with Crippen molar-refractivity contribution in [3.8, 4) is 22.8 Å². The van der Waals surface area contributed by atoms with Gasteiger partial charge in [0.15, 0.2) is 29.1 Å². The van der Waals surface area contributed by atoms with E-state index in [1.807, 2.05) is 0 Å². The zero-order valence-electron chi connectivity index (χ0n) is 24.8. The quantitative estimate of drug-likeness (QED) is 0.0582. The minimum absolute atomic E-state index is 0.000886.